The summed E-state index contributed by atoms with van der Waals surface area (Å²) in [6.07, 6.45) is 29.2. The van der Waals surface area contributed by atoms with Crippen molar-refractivity contribution in [2.75, 3.05) is 47.5 Å². The molecule has 310 valence electrons. The first-order chi connectivity index (χ1) is 25.8. The molecule has 0 heterocycles. The van der Waals surface area contributed by atoms with Gasteiger partial charge < -0.3 is 33.0 Å². The summed E-state index contributed by atoms with van der Waals surface area (Å²) < 4.78 is 33.7. The van der Waals surface area contributed by atoms with Crippen molar-refractivity contribution in [3.63, 3.8) is 0 Å². The zero-order valence-corrected chi connectivity index (χ0v) is 34.9. The van der Waals surface area contributed by atoms with E-state index in [1.54, 1.807) is 12.2 Å². The van der Waals surface area contributed by atoms with Crippen LogP contribution in [0, 0.1) is 11.8 Å². The molecular weight excluding hydrogens is 709 g/mol. The molecule has 1 N–H and O–H groups in total. The quantitative estimate of drug-likeness (QED) is 0.0228. The third-order valence-electron chi connectivity index (χ3n) is 9.07. The highest BCUT2D eigenvalue weighted by Gasteiger charge is 2.27. The number of phosphoric ester groups is 1. The molecule has 0 saturated carbocycles. The molecule has 0 amide bonds. The summed E-state index contributed by atoms with van der Waals surface area (Å²) in [6, 6.07) is 0. The number of aliphatic hydroxyl groups excluding tert-OH is 1. The van der Waals surface area contributed by atoms with E-state index >= 15 is 0 Å². The Balaban J connectivity index is 2.51. The molecule has 0 aromatic heterocycles. The summed E-state index contributed by atoms with van der Waals surface area (Å²) in [7, 11) is 1.04. The van der Waals surface area contributed by atoms with Gasteiger partial charge in [0.1, 0.15) is 19.8 Å². The van der Waals surface area contributed by atoms with Crippen LogP contribution in [0.5, 0.6) is 0 Å². The van der Waals surface area contributed by atoms with Crippen molar-refractivity contribution in [1.29, 1.82) is 0 Å². The van der Waals surface area contributed by atoms with E-state index in [1.807, 2.05) is 45.4 Å². The highest BCUT2D eigenvalue weighted by molar-refractivity contribution is 7.45. The van der Waals surface area contributed by atoms with Crippen molar-refractivity contribution in [3.05, 3.63) is 48.6 Å². The third-order valence-corrected chi connectivity index (χ3v) is 10.0. The van der Waals surface area contributed by atoms with Crippen LogP contribution in [0.25, 0.3) is 0 Å². The molecule has 1 unspecified atom stereocenters. The van der Waals surface area contributed by atoms with Crippen molar-refractivity contribution in [2.45, 2.75) is 142 Å². The maximum atomic E-state index is 12.6. The van der Waals surface area contributed by atoms with Gasteiger partial charge in [-0.25, -0.2) is 0 Å². The number of hydrogen-bond acceptors (Lipinski definition) is 10. The monoisotopic (exact) mass is 781 g/mol. The lowest BCUT2D eigenvalue weighted by Gasteiger charge is -2.28. The maximum Gasteiger partial charge on any atom is 0.306 e. The minimum atomic E-state index is -4.67. The van der Waals surface area contributed by atoms with Crippen LogP contribution in [0.15, 0.2) is 48.6 Å². The van der Waals surface area contributed by atoms with Gasteiger partial charge in [0, 0.05) is 18.8 Å². The van der Waals surface area contributed by atoms with Crippen LogP contribution in [-0.2, 0) is 37.5 Å². The number of unbranched alkanes of at least 4 members (excludes halogenated alkanes) is 10. The Bertz CT molecular complexity index is 1210. The van der Waals surface area contributed by atoms with Gasteiger partial charge in [0.15, 0.2) is 11.9 Å². The minimum Gasteiger partial charge on any atom is -0.756 e. The number of carbonyl (C=O) groups is 3. The lowest BCUT2D eigenvalue weighted by atomic mass is 9.90. The molecule has 0 spiro atoms. The van der Waals surface area contributed by atoms with Gasteiger partial charge in [-0.05, 0) is 63.4 Å². The molecule has 54 heavy (non-hydrogen) atoms. The standard InChI is InChI=1S/C42H72NO10P/c1-6-8-10-11-12-13-14-15-16-17-23-27-42(47)53-38(35-52-54(48,49)51-33-32-43(3,4)5)34-50-41(46)26-22-19-18-21-24-36-28-31-40(45)39(36)30-29-37(44)25-20-9-7-2/h11-12,18,21,28-31,36-39,44H,6-10,13-17,19-20,22-27,32-35H2,1-5H3/b12-11-,21-18-,30-29+/t36-,37-,38+,39+/m0/s1. The Labute approximate surface area is 326 Å². The van der Waals surface area contributed by atoms with Crippen LogP contribution in [0.1, 0.15) is 129 Å². The number of esters is 2. The Kier molecular flexibility index (Phi) is 27.4. The summed E-state index contributed by atoms with van der Waals surface area (Å²) in [5, 5.41) is 10.2. The number of carbonyl (C=O) groups excluding carboxylic acids is 3. The fourth-order valence-electron chi connectivity index (χ4n) is 5.68. The number of aliphatic hydroxyl groups is 1. The molecule has 12 heteroatoms. The second-order valence-electron chi connectivity index (χ2n) is 15.3. The van der Waals surface area contributed by atoms with E-state index in [9.17, 15) is 28.9 Å². The second-order valence-corrected chi connectivity index (χ2v) is 16.7. The van der Waals surface area contributed by atoms with Crippen molar-refractivity contribution >= 4 is 25.5 Å². The van der Waals surface area contributed by atoms with Gasteiger partial charge >= 0.3 is 11.9 Å². The van der Waals surface area contributed by atoms with Crippen LogP contribution >= 0.6 is 7.82 Å². The minimum absolute atomic E-state index is 0.0275. The predicted molar refractivity (Wildman–Crippen MR) is 212 cm³/mol. The van der Waals surface area contributed by atoms with Crippen molar-refractivity contribution < 1.29 is 52.0 Å². The first-order valence-corrected chi connectivity index (χ1v) is 21.9. The van der Waals surface area contributed by atoms with Gasteiger partial charge in [-0.3, -0.25) is 18.9 Å². The van der Waals surface area contributed by atoms with Crippen LogP contribution in [-0.4, -0.2) is 87.0 Å². The van der Waals surface area contributed by atoms with Crippen molar-refractivity contribution in [2.24, 2.45) is 11.8 Å². The highest BCUT2D eigenvalue weighted by atomic mass is 31.2. The van der Waals surface area contributed by atoms with E-state index in [4.69, 9.17) is 18.5 Å². The number of likely N-dealkylation sites (N-methyl/N-ethyl adjacent to an activating group) is 1. The largest absolute Gasteiger partial charge is 0.756 e. The van der Waals surface area contributed by atoms with Crippen molar-refractivity contribution in [3.8, 4) is 0 Å². The maximum absolute atomic E-state index is 12.6. The van der Waals surface area contributed by atoms with E-state index in [-0.39, 0.29) is 43.7 Å². The van der Waals surface area contributed by atoms with E-state index in [2.05, 4.69) is 26.0 Å². The molecule has 0 aromatic rings. The number of hydrogen-bond donors (Lipinski definition) is 1. The van der Waals surface area contributed by atoms with E-state index < -0.39 is 38.6 Å². The molecule has 0 aliphatic heterocycles. The topological polar surface area (TPSA) is 148 Å². The second kappa shape index (κ2) is 29.8. The average molecular weight is 782 g/mol. The molecule has 0 radical (unpaired) electrons. The Hall–Kier alpha value is -2.40. The SMILES string of the molecule is CCCC/C=C\CCCCCCCC(=O)O[C@H](COC(=O)CCC/C=C\C[C@H]1C=CC(=O)[C@@H]1/C=C/[C@@H](O)CCCCC)COP(=O)([O-])OCC[N+](C)(C)C. The number of ketones is 1. The fourth-order valence-corrected chi connectivity index (χ4v) is 6.41. The first-order valence-electron chi connectivity index (χ1n) is 20.4. The lowest BCUT2D eigenvalue weighted by molar-refractivity contribution is -0.870. The number of ether oxygens (including phenoxy) is 2. The number of quaternary nitrogens is 1. The summed E-state index contributed by atoms with van der Waals surface area (Å²) >= 11 is 0. The average Bonchev–Trinajstić information content (AvgIpc) is 3.46. The third kappa shape index (κ3) is 27.2. The number of nitrogens with zero attached hydrogens (tertiary/aromatic N) is 1. The Morgan fingerprint density at radius 3 is 2.22 bits per heavy atom. The highest BCUT2D eigenvalue weighted by Crippen LogP contribution is 2.38. The van der Waals surface area contributed by atoms with Crippen molar-refractivity contribution in [1.82, 2.24) is 0 Å². The van der Waals surface area contributed by atoms with E-state index in [0.29, 0.717) is 43.1 Å². The number of phosphoric acid groups is 1. The summed E-state index contributed by atoms with van der Waals surface area (Å²) in [5.41, 5.74) is 0. The molecule has 0 saturated heterocycles. The molecule has 1 aliphatic carbocycles. The predicted octanol–water partition coefficient (Wildman–Crippen LogP) is 8.11. The van der Waals surface area contributed by atoms with Crippen LogP contribution in [0.4, 0.5) is 0 Å². The first kappa shape index (κ1) is 49.6. The normalized spacial score (nSPS) is 18.5. The van der Waals surface area contributed by atoms with Crippen LogP contribution in [0.2, 0.25) is 0 Å². The van der Waals surface area contributed by atoms with Gasteiger partial charge in [0.25, 0.3) is 7.82 Å². The number of rotatable bonds is 33. The smallest absolute Gasteiger partial charge is 0.306 e. The summed E-state index contributed by atoms with van der Waals surface area (Å²) in [5.74, 6) is -1.21. The van der Waals surface area contributed by atoms with Crippen LogP contribution in [0.3, 0.4) is 0 Å². The summed E-state index contributed by atoms with van der Waals surface area (Å²) in [6.45, 7) is 3.82. The molecule has 1 rings (SSSR count). The van der Waals surface area contributed by atoms with E-state index in [0.717, 1.165) is 57.8 Å². The fraction of sp³-hybridized carbons (Fsp3) is 0.738. The van der Waals surface area contributed by atoms with Gasteiger partial charge in [0.05, 0.1) is 33.9 Å². The van der Waals surface area contributed by atoms with Crippen LogP contribution < -0.4 is 4.89 Å². The summed E-state index contributed by atoms with van der Waals surface area (Å²) in [4.78, 5) is 49.9. The van der Waals surface area contributed by atoms with Gasteiger partial charge in [-0.1, -0.05) is 108 Å². The zero-order valence-electron chi connectivity index (χ0n) is 34.0. The molecule has 11 nitrogen and oxygen atoms in total. The molecule has 0 aromatic carbocycles. The Morgan fingerprint density at radius 1 is 0.852 bits per heavy atom. The van der Waals surface area contributed by atoms with E-state index in [1.165, 1.54) is 12.8 Å². The molecule has 0 bridgehead atoms. The van der Waals surface area contributed by atoms with Gasteiger partial charge in [-0.15, -0.1) is 0 Å². The van der Waals surface area contributed by atoms with Gasteiger partial charge in [-0.2, -0.15) is 0 Å². The Morgan fingerprint density at radius 2 is 1.50 bits per heavy atom. The molecule has 5 atom stereocenters. The van der Waals surface area contributed by atoms with Gasteiger partial charge in [0.2, 0.25) is 0 Å². The number of allylic oxidation sites excluding steroid dienone is 7. The zero-order chi connectivity index (χ0) is 40.1. The lowest BCUT2D eigenvalue weighted by Crippen LogP contribution is -2.37. The molecular formula is C42H72NO10P. The molecule has 0 fully saturated rings. The molecule has 1 aliphatic rings.